The lowest BCUT2D eigenvalue weighted by atomic mass is 9.93. The van der Waals surface area contributed by atoms with Crippen LogP contribution in [-0.2, 0) is 4.74 Å². The second-order valence-corrected chi connectivity index (χ2v) is 7.92. The van der Waals surface area contributed by atoms with Crippen LogP contribution in [0.1, 0.15) is 51.4 Å². The molecule has 0 radical (unpaired) electrons. The largest absolute Gasteiger partial charge is 0.379 e. The summed E-state index contributed by atoms with van der Waals surface area (Å²) in [5.74, 6) is 0.779. The standard InChI is InChI=1S/C18H33N3O/c1-2-5-15(4-1)21-10-8-14(12-21)20-17-7-3-6-16(17)18-13-22-11-9-19-18/h14-20H,1-13H2. The lowest BCUT2D eigenvalue weighted by Crippen LogP contribution is -2.52. The zero-order chi connectivity index (χ0) is 14.8. The second-order valence-electron chi connectivity index (χ2n) is 7.92. The fourth-order valence-electron chi connectivity index (χ4n) is 5.37. The Bertz CT molecular complexity index is 352. The topological polar surface area (TPSA) is 36.5 Å². The molecule has 2 aliphatic carbocycles. The lowest BCUT2D eigenvalue weighted by Gasteiger charge is -2.34. The summed E-state index contributed by atoms with van der Waals surface area (Å²) in [5, 5.41) is 7.74. The number of hydrogen-bond acceptors (Lipinski definition) is 4. The van der Waals surface area contributed by atoms with E-state index in [9.17, 15) is 0 Å². The fourth-order valence-corrected chi connectivity index (χ4v) is 5.37. The van der Waals surface area contributed by atoms with Crippen molar-refractivity contribution in [2.45, 2.75) is 75.5 Å². The molecule has 0 amide bonds. The maximum atomic E-state index is 5.70. The van der Waals surface area contributed by atoms with Gasteiger partial charge in [-0.3, -0.25) is 4.90 Å². The highest BCUT2D eigenvalue weighted by molar-refractivity contribution is 4.96. The Kier molecular flexibility index (Phi) is 5.01. The van der Waals surface area contributed by atoms with Gasteiger partial charge in [-0.2, -0.15) is 0 Å². The van der Waals surface area contributed by atoms with Crippen molar-refractivity contribution in [1.29, 1.82) is 0 Å². The number of ether oxygens (including phenoxy) is 1. The molecule has 4 fully saturated rings. The Morgan fingerprint density at radius 3 is 2.73 bits per heavy atom. The van der Waals surface area contributed by atoms with Gasteiger partial charge in [0.05, 0.1) is 13.2 Å². The average Bonchev–Trinajstić information content (AvgIpc) is 3.30. The highest BCUT2D eigenvalue weighted by atomic mass is 16.5. The van der Waals surface area contributed by atoms with E-state index in [-0.39, 0.29) is 0 Å². The van der Waals surface area contributed by atoms with Crippen molar-refractivity contribution in [1.82, 2.24) is 15.5 Å². The van der Waals surface area contributed by atoms with E-state index >= 15 is 0 Å². The Balaban J connectivity index is 1.29. The van der Waals surface area contributed by atoms with E-state index in [1.807, 2.05) is 0 Å². The van der Waals surface area contributed by atoms with Gasteiger partial charge >= 0.3 is 0 Å². The highest BCUT2D eigenvalue weighted by Gasteiger charge is 2.37. The van der Waals surface area contributed by atoms with Gasteiger partial charge in [0.2, 0.25) is 0 Å². The molecular formula is C18H33N3O. The van der Waals surface area contributed by atoms with E-state index in [0.29, 0.717) is 12.1 Å². The van der Waals surface area contributed by atoms with Crippen LogP contribution in [0.3, 0.4) is 0 Å². The summed E-state index contributed by atoms with van der Waals surface area (Å²) in [6, 6.07) is 2.93. The normalized spacial score (nSPS) is 41.5. The maximum Gasteiger partial charge on any atom is 0.0623 e. The quantitative estimate of drug-likeness (QED) is 0.830. The first kappa shape index (κ1) is 15.4. The second kappa shape index (κ2) is 7.16. The van der Waals surface area contributed by atoms with E-state index in [0.717, 1.165) is 37.8 Å². The van der Waals surface area contributed by atoms with Crippen LogP contribution in [0.15, 0.2) is 0 Å². The molecule has 4 unspecified atom stereocenters. The Labute approximate surface area is 135 Å². The first-order chi connectivity index (χ1) is 10.9. The van der Waals surface area contributed by atoms with Crippen LogP contribution in [0.5, 0.6) is 0 Å². The molecule has 2 saturated carbocycles. The summed E-state index contributed by atoms with van der Waals surface area (Å²) in [4.78, 5) is 2.77. The minimum absolute atomic E-state index is 0.584. The van der Waals surface area contributed by atoms with Gasteiger partial charge < -0.3 is 15.4 Å². The zero-order valence-corrected chi connectivity index (χ0v) is 13.9. The molecule has 126 valence electrons. The predicted molar refractivity (Wildman–Crippen MR) is 89.1 cm³/mol. The van der Waals surface area contributed by atoms with Crippen molar-refractivity contribution in [3.63, 3.8) is 0 Å². The van der Waals surface area contributed by atoms with Crippen LogP contribution >= 0.6 is 0 Å². The minimum Gasteiger partial charge on any atom is -0.379 e. The van der Waals surface area contributed by atoms with Gasteiger partial charge in [-0.1, -0.05) is 19.3 Å². The molecule has 2 saturated heterocycles. The van der Waals surface area contributed by atoms with E-state index < -0.39 is 0 Å². The van der Waals surface area contributed by atoms with Gasteiger partial charge in [-0.25, -0.2) is 0 Å². The van der Waals surface area contributed by atoms with Crippen molar-refractivity contribution in [2.24, 2.45) is 5.92 Å². The van der Waals surface area contributed by atoms with Crippen LogP contribution in [-0.4, -0.2) is 61.9 Å². The molecule has 0 aromatic rings. The molecule has 4 atom stereocenters. The lowest BCUT2D eigenvalue weighted by molar-refractivity contribution is 0.0517. The maximum absolute atomic E-state index is 5.70. The van der Waals surface area contributed by atoms with Crippen LogP contribution in [0, 0.1) is 5.92 Å². The third kappa shape index (κ3) is 3.35. The van der Waals surface area contributed by atoms with Crippen molar-refractivity contribution in [3.8, 4) is 0 Å². The summed E-state index contributed by atoms with van der Waals surface area (Å²) < 4.78 is 5.70. The molecule has 4 aliphatic rings. The SMILES string of the molecule is C1CC(NC2CCN(C3CCCC3)C2)C(C2COCCN2)C1. The number of morpholine rings is 1. The summed E-state index contributed by atoms with van der Waals surface area (Å²) in [6.07, 6.45) is 11.3. The summed E-state index contributed by atoms with van der Waals surface area (Å²) in [5.41, 5.74) is 0. The number of nitrogens with one attached hydrogen (secondary N) is 2. The van der Waals surface area contributed by atoms with Gasteiger partial charge in [0, 0.05) is 43.8 Å². The monoisotopic (exact) mass is 307 g/mol. The summed E-state index contributed by atoms with van der Waals surface area (Å²) >= 11 is 0. The smallest absolute Gasteiger partial charge is 0.0623 e. The summed E-state index contributed by atoms with van der Waals surface area (Å²) in [7, 11) is 0. The Morgan fingerprint density at radius 1 is 1.00 bits per heavy atom. The van der Waals surface area contributed by atoms with Crippen molar-refractivity contribution >= 4 is 0 Å². The van der Waals surface area contributed by atoms with E-state index in [1.54, 1.807) is 0 Å². The van der Waals surface area contributed by atoms with E-state index in [1.165, 1.54) is 64.5 Å². The van der Waals surface area contributed by atoms with Gasteiger partial charge in [0.25, 0.3) is 0 Å². The van der Waals surface area contributed by atoms with Crippen LogP contribution in [0.4, 0.5) is 0 Å². The van der Waals surface area contributed by atoms with Gasteiger partial charge in [-0.15, -0.1) is 0 Å². The fraction of sp³-hybridized carbons (Fsp3) is 1.00. The molecule has 0 bridgehead atoms. The first-order valence-corrected chi connectivity index (χ1v) is 9.71. The zero-order valence-electron chi connectivity index (χ0n) is 13.9. The average molecular weight is 307 g/mol. The highest BCUT2D eigenvalue weighted by Crippen LogP contribution is 2.31. The molecule has 4 rings (SSSR count). The third-order valence-corrected chi connectivity index (χ3v) is 6.55. The Morgan fingerprint density at radius 2 is 1.91 bits per heavy atom. The molecule has 0 aromatic carbocycles. The molecule has 2 N–H and O–H groups in total. The first-order valence-electron chi connectivity index (χ1n) is 9.71. The van der Waals surface area contributed by atoms with Crippen LogP contribution in [0.25, 0.3) is 0 Å². The molecule has 2 aliphatic heterocycles. The number of nitrogens with zero attached hydrogens (tertiary/aromatic N) is 1. The minimum atomic E-state index is 0.584. The number of likely N-dealkylation sites (tertiary alicyclic amines) is 1. The van der Waals surface area contributed by atoms with Gasteiger partial charge in [0.1, 0.15) is 0 Å². The van der Waals surface area contributed by atoms with Crippen LogP contribution in [0.2, 0.25) is 0 Å². The molecular weight excluding hydrogens is 274 g/mol. The molecule has 0 aromatic heterocycles. The number of rotatable bonds is 4. The van der Waals surface area contributed by atoms with Crippen molar-refractivity contribution in [3.05, 3.63) is 0 Å². The molecule has 2 heterocycles. The van der Waals surface area contributed by atoms with Gasteiger partial charge in [-0.05, 0) is 38.0 Å². The van der Waals surface area contributed by atoms with Gasteiger partial charge in [0.15, 0.2) is 0 Å². The Hall–Kier alpha value is -0.160. The van der Waals surface area contributed by atoms with Crippen LogP contribution < -0.4 is 10.6 Å². The van der Waals surface area contributed by atoms with Crippen molar-refractivity contribution < 1.29 is 4.74 Å². The van der Waals surface area contributed by atoms with E-state index in [2.05, 4.69) is 15.5 Å². The van der Waals surface area contributed by atoms with E-state index in [4.69, 9.17) is 4.74 Å². The molecule has 4 nitrogen and oxygen atoms in total. The third-order valence-electron chi connectivity index (χ3n) is 6.55. The summed E-state index contributed by atoms with van der Waals surface area (Å²) in [6.45, 7) is 5.46. The molecule has 4 heteroatoms. The molecule has 0 spiro atoms. The number of hydrogen-bond donors (Lipinski definition) is 2. The molecule has 22 heavy (non-hydrogen) atoms. The van der Waals surface area contributed by atoms with Crippen molar-refractivity contribution in [2.75, 3.05) is 32.8 Å². The predicted octanol–water partition coefficient (Wildman–Crippen LogP) is 1.75.